The number of methoxy groups -OCH3 is 2. The Morgan fingerprint density at radius 2 is 2.06 bits per heavy atom. The highest BCUT2D eigenvalue weighted by molar-refractivity contribution is 5.95. The van der Waals surface area contributed by atoms with Crippen molar-refractivity contribution in [2.24, 2.45) is 5.73 Å². The Morgan fingerprint density at radius 3 is 2.56 bits per heavy atom. The lowest BCUT2D eigenvalue weighted by Gasteiger charge is -2.21. The van der Waals surface area contributed by atoms with Gasteiger partial charge in [0.2, 0.25) is 5.91 Å². The Kier molecular flexibility index (Phi) is 5.20. The summed E-state index contributed by atoms with van der Waals surface area (Å²) in [6.07, 6.45) is 1.64. The van der Waals surface area contributed by atoms with Crippen molar-refractivity contribution in [1.82, 2.24) is 0 Å². The van der Waals surface area contributed by atoms with Crippen molar-refractivity contribution in [3.63, 3.8) is 0 Å². The van der Waals surface area contributed by atoms with Gasteiger partial charge < -0.3 is 20.1 Å². The minimum absolute atomic E-state index is 0.0534. The van der Waals surface area contributed by atoms with Gasteiger partial charge in [0, 0.05) is 18.3 Å². The lowest BCUT2D eigenvalue weighted by atomic mass is 10.2. The lowest BCUT2D eigenvalue weighted by Crippen LogP contribution is -2.36. The van der Waals surface area contributed by atoms with Gasteiger partial charge in [-0.05, 0) is 12.1 Å². The predicted molar refractivity (Wildman–Crippen MR) is 71.2 cm³/mol. The maximum atomic E-state index is 11.7. The number of anilines is 1. The van der Waals surface area contributed by atoms with Crippen molar-refractivity contribution < 1.29 is 14.3 Å². The van der Waals surface area contributed by atoms with Gasteiger partial charge in [-0.15, -0.1) is 6.58 Å². The Labute approximate surface area is 107 Å². The van der Waals surface area contributed by atoms with Crippen LogP contribution in [0.15, 0.2) is 30.9 Å². The maximum absolute atomic E-state index is 11.7. The second kappa shape index (κ2) is 6.66. The summed E-state index contributed by atoms with van der Waals surface area (Å²) in [6.45, 7) is 3.97. The first kappa shape index (κ1) is 14.1. The number of nitrogens with two attached hydrogens (primary N) is 1. The van der Waals surface area contributed by atoms with Gasteiger partial charge in [0.1, 0.15) is 0 Å². The van der Waals surface area contributed by atoms with E-state index in [9.17, 15) is 4.79 Å². The van der Waals surface area contributed by atoms with Gasteiger partial charge in [-0.2, -0.15) is 0 Å². The fourth-order valence-electron chi connectivity index (χ4n) is 1.58. The Hall–Kier alpha value is -2.01. The van der Waals surface area contributed by atoms with E-state index in [0.717, 1.165) is 0 Å². The SMILES string of the molecule is C=CCN(C(=O)CN)c1ccc(OC)c(OC)c1. The Balaban J connectivity index is 3.12. The summed E-state index contributed by atoms with van der Waals surface area (Å²) in [6, 6.07) is 5.25. The van der Waals surface area contributed by atoms with Crippen LogP contribution in [0.2, 0.25) is 0 Å². The standard InChI is InChI=1S/C13H18N2O3/c1-4-7-15(13(16)9-14)10-5-6-11(17-2)12(8-10)18-3/h4-6,8H,1,7,9,14H2,2-3H3. The average Bonchev–Trinajstić information content (AvgIpc) is 2.43. The third-order valence-corrected chi connectivity index (χ3v) is 2.47. The highest BCUT2D eigenvalue weighted by atomic mass is 16.5. The summed E-state index contributed by atoms with van der Waals surface area (Å²) < 4.78 is 10.3. The largest absolute Gasteiger partial charge is 0.493 e. The molecule has 0 heterocycles. The van der Waals surface area contributed by atoms with Crippen LogP contribution in [0, 0.1) is 0 Å². The molecule has 98 valence electrons. The van der Waals surface area contributed by atoms with E-state index in [1.54, 1.807) is 38.5 Å². The van der Waals surface area contributed by atoms with Crippen LogP contribution in [0.1, 0.15) is 0 Å². The molecule has 5 nitrogen and oxygen atoms in total. The van der Waals surface area contributed by atoms with E-state index in [-0.39, 0.29) is 12.5 Å². The summed E-state index contributed by atoms with van der Waals surface area (Å²) in [5.41, 5.74) is 6.08. The number of carbonyl (C=O) groups is 1. The van der Waals surface area contributed by atoms with Crippen molar-refractivity contribution in [3.05, 3.63) is 30.9 Å². The van der Waals surface area contributed by atoms with Gasteiger partial charge in [-0.25, -0.2) is 0 Å². The molecule has 0 aliphatic rings. The molecule has 0 bridgehead atoms. The first-order valence-electron chi connectivity index (χ1n) is 5.51. The molecular weight excluding hydrogens is 232 g/mol. The zero-order valence-electron chi connectivity index (χ0n) is 10.7. The van der Waals surface area contributed by atoms with Crippen molar-refractivity contribution in [2.45, 2.75) is 0 Å². The van der Waals surface area contributed by atoms with Crippen LogP contribution < -0.4 is 20.1 Å². The summed E-state index contributed by atoms with van der Waals surface area (Å²) in [5, 5.41) is 0. The molecule has 0 saturated carbocycles. The molecule has 0 fully saturated rings. The molecule has 2 N–H and O–H groups in total. The van der Waals surface area contributed by atoms with Gasteiger partial charge in [0.15, 0.2) is 11.5 Å². The van der Waals surface area contributed by atoms with Gasteiger partial charge in [0.25, 0.3) is 0 Å². The lowest BCUT2D eigenvalue weighted by molar-refractivity contribution is -0.117. The zero-order valence-corrected chi connectivity index (χ0v) is 10.7. The van der Waals surface area contributed by atoms with Crippen molar-refractivity contribution in [2.75, 3.05) is 32.2 Å². The molecular formula is C13H18N2O3. The van der Waals surface area contributed by atoms with E-state index < -0.39 is 0 Å². The number of amides is 1. The van der Waals surface area contributed by atoms with Crippen molar-refractivity contribution in [1.29, 1.82) is 0 Å². The van der Waals surface area contributed by atoms with Crippen molar-refractivity contribution in [3.8, 4) is 11.5 Å². The molecule has 0 atom stereocenters. The van der Waals surface area contributed by atoms with Gasteiger partial charge in [-0.1, -0.05) is 6.08 Å². The molecule has 18 heavy (non-hydrogen) atoms. The normalized spacial score (nSPS) is 9.72. The molecule has 5 heteroatoms. The summed E-state index contributed by atoms with van der Waals surface area (Å²) >= 11 is 0. The molecule has 1 amide bonds. The molecule has 1 aromatic carbocycles. The number of ether oxygens (including phenoxy) is 2. The van der Waals surface area contributed by atoms with Crippen LogP contribution in [0.3, 0.4) is 0 Å². The van der Waals surface area contributed by atoms with E-state index in [1.165, 1.54) is 4.90 Å². The third-order valence-electron chi connectivity index (χ3n) is 2.47. The number of hydrogen-bond acceptors (Lipinski definition) is 4. The summed E-state index contributed by atoms with van der Waals surface area (Å²) in [4.78, 5) is 13.3. The van der Waals surface area contributed by atoms with Crippen LogP contribution in [-0.4, -0.2) is 33.2 Å². The minimum Gasteiger partial charge on any atom is -0.493 e. The second-order valence-corrected chi connectivity index (χ2v) is 3.54. The number of benzene rings is 1. The third kappa shape index (κ3) is 3.01. The molecule has 0 aliphatic carbocycles. The first-order chi connectivity index (χ1) is 8.67. The molecule has 0 aliphatic heterocycles. The molecule has 0 unspecified atom stereocenters. The number of rotatable bonds is 6. The highest BCUT2D eigenvalue weighted by Crippen LogP contribution is 2.31. The topological polar surface area (TPSA) is 64.8 Å². The monoisotopic (exact) mass is 250 g/mol. The molecule has 0 radical (unpaired) electrons. The fraction of sp³-hybridized carbons (Fsp3) is 0.308. The zero-order chi connectivity index (χ0) is 13.5. The second-order valence-electron chi connectivity index (χ2n) is 3.54. The van der Waals surface area contributed by atoms with Gasteiger partial charge in [-0.3, -0.25) is 4.79 Å². The first-order valence-corrected chi connectivity index (χ1v) is 5.51. The number of carbonyl (C=O) groups excluding carboxylic acids is 1. The molecule has 0 saturated heterocycles. The van der Waals surface area contributed by atoms with Crippen LogP contribution in [0.5, 0.6) is 11.5 Å². The predicted octanol–water partition coefficient (Wildman–Crippen LogP) is 1.18. The maximum Gasteiger partial charge on any atom is 0.241 e. The van der Waals surface area contributed by atoms with Crippen LogP contribution in [0.25, 0.3) is 0 Å². The Morgan fingerprint density at radius 1 is 1.39 bits per heavy atom. The smallest absolute Gasteiger partial charge is 0.241 e. The number of nitrogens with zero attached hydrogens (tertiary/aromatic N) is 1. The summed E-state index contributed by atoms with van der Waals surface area (Å²) in [7, 11) is 3.11. The highest BCUT2D eigenvalue weighted by Gasteiger charge is 2.15. The average molecular weight is 250 g/mol. The van der Waals surface area contributed by atoms with Crippen LogP contribution in [-0.2, 0) is 4.79 Å². The minimum atomic E-state index is -0.179. The fourth-order valence-corrected chi connectivity index (χ4v) is 1.58. The van der Waals surface area contributed by atoms with E-state index >= 15 is 0 Å². The molecule has 0 aromatic heterocycles. The van der Waals surface area contributed by atoms with Gasteiger partial charge >= 0.3 is 0 Å². The van der Waals surface area contributed by atoms with Gasteiger partial charge in [0.05, 0.1) is 20.8 Å². The summed E-state index contributed by atoms with van der Waals surface area (Å²) in [5.74, 6) is 0.996. The van der Waals surface area contributed by atoms with E-state index in [4.69, 9.17) is 15.2 Å². The van der Waals surface area contributed by atoms with E-state index in [1.807, 2.05) is 0 Å². The number of hydrogen-bond donors (Lipinski definition) is 1. The molecule has 1 rings (SSSR count). The van der Waals surface area contributed by atoms with Crippen LogP contribution >= 0.6 is 0 Å². The quantitative estimate of drug-likeness (QED) is 0.770. The van der Waals surface area contributed by atoms with E-state index in [0.29, 0.717) is 23.7 Å². The van der Waals surface area contributed by atoms with Crippen molar-refractivity contribution >= 4 is 11.6 Å². The molecule has 1 aromatic rings. The molecule has 0 spiro atoms. The van der Waals surface area contributed by atoms with E-state index in [2.05, 4.69) is 6.58 Å². The van der Waals surface area contributed by atoms with Crippen LogP contribution in [0.4, 0.5) is 5.69 Å². The Bertz CT molecular complexity index is 432.